The Morgan fingerprint density at radius 2 is 0.721 bits per heavy atom. The zero-order valence-electron chi connectivity index (χ0n) is 25.0. The van der Waals surface area contributed by atoms with Gasteiger partial charge in [0.15, 0.2) is 30.1 Å². The van der Waals surface area contributed by atoms with Crippen molar-refractivity contribution in [3.63, 3.8) is 0 Å². The smallest absolute Gasteiger partial charge is 0.309 e. The van der Waals surface area contributed by atoms with Crippen molar-refractivity contribution in [2.24, 2.45) is 21.1 Å². The number of hydrogen-bond donors (Lipinski definition) is 5. The summed E-state index contributed by atoms with van der Waals surface area (Å²) in [7, 11) is 5.52. The molecule has 3 radical (unpaired) electrons. The van der Waals surface area contributed by atoms with Gasteiger partial charge in [0.05, 0.1) is 0 Å². The average molecular weight is 743 g/mol. The van der Waals surface area contributed by atoms with Gasteiger partial charge in [-0.25, -0.2) is 13.7 Å². The van der Waals surface area contributed by atoms with E-state index in [9.17, 15) is 15.3 Å². The van der Waals surface area contributed by atoms with E-state index in [1.807, 2.05) is 46.5 Å². The van der Waals surface area contributed by atoms with Gasteiger partial charge in [0.25, 0.3) is 5.75 Å². The molecule has 0 unspecified atom stereocenters. The number of hydrogen-bond acceptors (Lipinski definition) is 5. The average Bonchev–Trinajstić information content (AvgIpc) is 2.79. The molecule has 21 N–H and O–H groups in total. The van der Waals surface area contributed by atoms with Gasteiger partial charge in [0.1, 0.15) is 27.2 Å². The summed E-state index contributed by atoms with van der Waals surface area (Å²) in [4.78, 5) is 0. The maximum absolute atomic E-state index is 9.37. The van der Waals surface area contributed by atoms with Crippen LogP contribution in [0.4, 0.5) is 0 Å². The normalized spacial score (nSPS) is 7.67. The number of nitrogens with zero attached hydrogens (tertiary/aromatic N) is 3. The second-order valence-electron chi connectivity index (χ2n) is 7.41. The quantitative estimate of drug-likeness (QED) is 0.130. The summed E-state index contributed by atoms with van der Waals surface area (Å²) in [5, 5.41) is 53.5. The van der Waals surface area contributed by atoms with Crippen LogP contribution in [-0.2, 0) is 96.1 Å². The first kappa shape index (κ1) is 68.1. The fraction of sp³-hybridized carbons (Fsp3) is 0.375. The molecule has 3 aromatic heterocycles. The Kier molecular flexibility index (Phi) is 51.7. The van der Waals surface area contributed by atoms with E-state index in [4.69, 9.17) is 15.3 Å². The second-order valence-corrected chi connectivity index (χ2v) is 7.41. The molecule has 0 aliphatic carbocycles. The van der Waals surface area contributed by atoms with Gasteiger partial charge in [-0.1, -0.05) is 20.8 Å². The standard InChI is InChI=1S/3C8H11NO2.7H2O.3V/c3*1-3-6-8(11)7(10)4-5-9(6)2;;;;;;;;;;/h3*4-5,11H,3H2,1-2H3;7*1H2;;;/p+4. The third kappa shape index (κ3) is 18.9. The van der Waals surface area contributed by atoms with Crippen LogP contribution in [0.3, 0.4) is 0 Å². The Labute approximate surface area is 286 Å². The monoisotopic (exact) mass is 742 g/mol. The van der Waals surface area contributed by atoms with Crippen molar-refractivity contribution in [1.29, 1.82) is 0 Å². The molecule has 19 heteroatoms. The zero-order valence-corrected chi connectivity index (χ0v) is 29.2. The summed E-state index contributed by atoms with van der Waals surface area (Å²) < 4.78 is 5.40. The maximum atomic E-state index is 9.37. The van der Waals surface area contributed by atoms with Gasteiger partial charge in [-0.3, -0.25) is 0 Å². The molecule has 16 nitrogen and oxygen atoms in total. The summed E-state index contributed by atoms with van der Waals surface area (Å²) in [6, 6.07) is 4.51. The van der Waals surface area contributed by atoms with Crippen LogP contribution < -0.4 is 13.7 Å². The van der Waals surface area contributed by atoms with Gasteiger partial charge in [-0.2, -0.15) is 0 Å². The first-order valence-corrected chi connectivity index (χ1v) is 10.7. The molecular formula is C24H51N3O13V3+4. The largest absolute Gasteiger partial charge is 0.590 e. The maximum Gasteiger partial charge on any atom is 0.309 e. The summed E-state index contributed by atoms with van der Waals surface area (Å²) in [5.74, 6) is 0.146. The molecule has 0 spiro atoms. The molecule has 0 fully saturated rings. The minimum absolute atomic E-state index is 0. The minimum atomic E-state index is -0.0556. The van der Waals surface area contributed by atoms with E-state index >= 15 is 0 Å². The third-order valence-electron chi connectivity index (χ3n) is 5.22. The van der Waals surface area contributed by atoms with E-state index < -0.39 is 0 Å². The summed E-state index contributed by atoms with van der Waals surface area (Å²) in [6.07, 6.45) is 7.37. The Morgan fingerprint density at radius 1 is 0.488 bits per heavy atom. The fourth-order valence-corrected chi connectivity index (χ4v) is 3.26. The van der Waals surface area contributed by atoms with Crippen molar-refractivity contribution in [2.45, 2.75) is 40.0 Å². The SMILES string of the molecule is CCc1c(O)c(O)cc[n+]1C.CCc1c(O)c(O)cc[n+]1C.CCc1c(O)c([OH2+])cc[n+]1C.O.O.O.O.O.O.O.[V].[V].[V]. The Morgan fingerprint density at radius 3 is 0.930 bits per heavy atom. The molecule has 0 aliphatic rings. The molecule has 0 aliphatic heterocycles. The molecule has 0 atom stereocenters. The molecule has 43 heavy (non-hydrogen) atoms. The van der Waals surface area contributed by atoms with Crippen LogP contribution in [0.5, 0.6) is 34.5 Å². The predicted molar refractivity (Wildman–Crippen MR) is 148 cm³/mol. The van der Waals surface area contributed by atoms with Gasteiger partial charge in [-0.15, -0.1) is 0 Å². The Hall–Kier alpha value is -2.28. The number of aryl methyl sites for hydroxylation is 3. The van der Waals surface area contributed by atoms with Gasteiger partial charge >= 0.3 is 5.75 Å². The van der Waals surface area contributed by atoms with Crippen molar-refractivity contribution < 1.29 is 138 Å². The molecule has 0 saturated heterocycles. The van der Waals surface area contributed by atoms with E-state index in [0.717, 1.165) is 23.5 Å². The van der Waals surface area contributed by atoms with Gasteiger partial charge in [0, 0.05) is 87.1 Å². The van der Waals surface area contributed by atoms with Crippen LogP contribution in [0.2, 0.25) is 0 Å². The summed E-state index contributed by atoms with van der Waals surface area (Å²) >= 11 is 0. The topological polar surface area (TPSA) is 356 Å². The van der Waals surface area contributed by atoms with E-state index in [0.29, 0.717) is 12.8 Å². The van der Waals surface area contributed by atoms with Crippen LogP contribution in [0.25, 0.3) is 0 Å². The van der Waals surface area contributed by atoms with E-state index in [1.54, 1.807) is 33.8 Å². The van der Waals surface area contributed by atoms with E-state index in [2.05, 4.69) is 0 Å². The van der Waals surface area contributed by atoms with Crippen molar-refractivity contribution in [1.82, 2.24) is 0 Å². The first-order valence-electron chi connectivity index (χ1n) is 10.7. The Bertz CT molecular complexity index is 979. The molecule has 3 rings (SSSR count). The Balaban J connectivity index is -0.0000000425. The van der Waals surface area contributed by atoms with Crippen LogP contribution >= 0.6 is 0 Å². The number of aromatic hydroxyl groups is 5. The van der Waals surface area contributed by atoms with E-state index in [1.165, 1.54) is 12.1 Å². The van der Waals surface area contributed by atoms with Crippen molar-refractivity contribution in [2.75, 3.05) is 0 Å². The predicted octanol–water partition coefficient (Wildman–Crippen LogP) is -4.59. The molecule has 0 aromatic carbocycles. The minimum Gasteiger partial charge on any atom is -0.590 e. The summed E-state index contributed by atoms with van der Waals surface area (Å²) in [5.41, 5.74) is 2.28. The molecular weight excluding hydrogens is 691 g/mol. The van der Waals surface area contributed by atoms with Crippen molar-refractivity contribution >= 4 is 0 Å². The van der Waals surface area contributed by atoms with Gasteiger partial charge in [-0.05, 0) is 0 Å². The molecule has 0 bridgehead atoms. The van der Waals surface area contributed by atoms with Crippen molar-refractivity contribution in [3.05, 3.63) is 53.9 Å². The molecule has 251 valence electrons. The molecule has 3 aromatic rings. The first-order chi connectivity index (χ1) is 15.5. The zero-order chi connectivity index (χ0) is 25.3. The fourth-order valence-electron chi connectivity index (χ4n) is 3.26. The number of rotatable bonds is 3. The van der Waals surface area contributed by atoms with Gasteiger partial charge < -0.3 is 69.0 Å². The van der Waals surface area contributed by atoms with Crippen LogP contribution in [0.1, 0.15) is 37.9 Å². The second kappa shape index (κ2) is 32.6. The summed E-state index contributed by atoms with van der Waals surface area (Å²) in [6.45, 7) is 5.80. The van der Waals surface area contributed by atoms with E-state index in [-0.39, 0.29) is 128 Å². The van der Waals surface area contributed by atoms with Crippen LogP contribution in [-0.4, -0.2) is 69.0 Å². The number of pyridine rings is 3. The molecule has 3 heterocycles. The van der Waals surface area contributed by atoms with Crippen LogP contribution in [0.15, 0.2) is 36.8 Å². The molecule has 0 saturated carbocycles. The molecule has 0 amide bonds. The number of aromatic nitrogens is 3. The van der Waals surface area contributed by atoms with Crippen molar-refractivity contribution in [3.8, 4) is 34.5 Å². The van der Waals surface area contributed by atoms with Gasteiger partial charge in [0.2, 0.25) is 28.6 Å². The van der Waals surface area contributed by atoms with Crippen LogP contribution in [0, 0.1) is 0 Å². The third-order valence-corrected chi connectivity index (χ3v) is 5.22.